The average Bonchev–Trinajstić information content (AvgIpc) is 2.33. The number of benzene rings is 2. The third-order valence-corrected chi connectivity index (χ3v) is 3.56. The maximum absolute atomic E-state index is 6.15. The molecule has 0 spiro atoms. The van der Waals surface area contributed by atoms with Gasteiger partial charge in [-0.05, 0) is 36.8 Å². The molecule has 18 heavy (non-hydrogen) atoms. The lowest BCUT2D eigenvalue weighted by atomic mass is 10.2. The minimum atomic E-state index is 0.395. The zero-order valence-electron chi connectivity index (χ0n) is 9.71. The summed E-state index contributed by atoms with van der Waals surface area (Å²) in [6, 6.07) is 11.4. The van der Waals surface area contributed by atoms with E-state index in [1.165, 1.54) is 0 Å². The number of halogens is 3. The summed E-state index contributed by atoms with van der Waals surface area (Å²) in [5.41, 5.74) is 2.02. The summed E-state index contributed by atoms with van der Waals surface area (Å²) in [5, 5.41) is 0.593. The van der Waals surface area contributed by atoms with Crippen molar-refractivity contribution in [1.82, 2.24) is 0 Å². The molecular formula is C14H11BrCl2O. The van der Waals surface area contributed by atoms with Crippen molar-refractivity contribution in [3.8, 4) is 11.5 Å². The van der Waals surface area contributed by atoms with E-state index in [4.69, 9.17) is 27.9 Å². The normalized spacial score (nSPS) is 10.4. The highest BCUT2D eigenvalue weighted by atomic mass is 79.9. The first-order valence-electron chi connectivity index (χ1n) is 5.38. The quantitative estimate of drug-likeness (QED) is 0.625. The Hall–Kier alpha value is -0.700. The first-order chi connectivity index (χ1) is 8.60. The number of hydrogen-bond acceptors (Lipinski definition) is 1. The molecule has 0 radical (unpaired) electrons. The predicted octanol–water partition coefficient (Wildman–Crippen LogP) is 5.94. The van der Waals surface area contributed by atoms with Gasteiger partial charge in [0.25, 0.3) is 0 Å². The fraction of sp³-hybridized carbons (Fsp3) is 0.143. The molecule has 0 aliphatic carbocycles. The summed E-state index contributed by atoms with van der Waals surface area (Å²) in [7, 11) is 0. The van der Waals surface area contributed by atoms with E-state index in [1.807, 2.05) is 43.3 Å². The summed E-state index contributed by atoms with van der Waals surface area (Å²) in [5.74, 6) is 1.74. The van der Waals surface area contributed by atoms with Crippen LogP contribution in [0.25, 0.3) is 0 Å². The lowest BCUT2D eigenvalue weighted by molar-refractivity contribution is 0.478. The molecule has 0 amide bonds. The van der Waals surface area contributed by atoms with Crippen molar-refractivity contribution in [3.05, 3.63) is 57.0 Å². The summed E-state index contributed by atoms with van der Waals surface area (Å²) >= 11 is 15.4. The number of rotatable bonds is 3. The van der Waals surface area contributed by atoms with Gasteiger partial charge >= 0.3 is 0 Å². The Morgan fingerprint density at radius 2 is 1.89 bits per heavy atom. The van der Waals surface area contributed by atoms with Crippen LogP contribution in [0.15, 0.2) is 40.9 Å². The van der Waals surface area contributed by atoms with E-state index in [9.17, 15) is 0 Å². The second kappa shape index (κ2) is 5.96. The van der Waals surface area contributed by atoms with Crippen LogP contribution >= 0.6 is 39.1 Å². The van der Waals surface area contributed by atoms with Gasteiger partial charge in [0, 0.05) is 10.0 Å². The van der Waals surface area contributed by atoms with Gasteiger partial charge < -0.3 is 4.74 Å². The zero-order valence-corrected chi connectivity index (χ0v) is 12.8. The van der Waals surface area contributed by atoms with Crippen LogP contribution in [-0.4, -0.2) is 0 Å². The van der Waals surface area contributed by atoms with Crippen LogP contribution in [0, 0.1) is 6.92 Å². The Labute approximate surface area is 125 Å². The molecule has 1 nitrogen and oxygen atoms in total. The molecule has 2 aromatic rings. The van der Waals surface area contributed by atoms with Crippen molar-refractivity contribution in [1.29, 1.82) is 0 Å². The molecule has 0 atom stereocenters. The van der Waals surface area contributed by atoms with E-state index in [1.54, 1.807) is 0 Å². The highest BCUT2D eigenvalue weighted by Gasteiger charge is 2.08. The maximum atomic E-state index is 6.15. The van der Waals surface area contributed by atoms with Gasteiger partial charge in [-0.2, -0.15) is 0 Å². The molecular weight excluding hydrogens is 335 g/mol. The minimum absolute atomic E-state index is 0.395. The fourth-order valence-electron chi connectivity index (χ4n) is 1.54. The molecule has 0 unspecified atom stereocenters. The van der Waals surface area contributed by atoms with Crippen molar-refractivity contribution < 1.29 is 4.74 Å². The molecule has 2 rings (SSSR count). The minimum Gasteiger partial charge on any atom is -0.455 e. The molecule has 94 valence electrons. The monoisotopic (exact) mass is 344 g/mol. The Morgan fingerprint density at radius 3 is 2.56 bits per heavy atom. The zero-order chi connectivity index (χ0) is 13.1. The first kappa shape index (κ1) is 13.7. The molecule has 0 aromatic heterocycles. The lowest BCUT2D eigenvalue weighted by Gasteiger charge is -2.11. The smallest absolute Gasteiger partial charge is 0.146 e. The highest BCUT2D eigenvalue weighted by Crippen LogP contribution is 2.33. The molecule has 2 aromatic carbocycles. The van der Waals surface area contributed by atoms with Gasteiger partial charge in [0.2, 0.25) is 0 Å². The SMILES string of the molecule is Cc1ccc(Oc2cc(Br)ccc2CCl)c(Cl)c1. The van der Waals surface area contributed by atoms with E-state index >= 15 is 0 Å². The Kier molecular flexibility index (Phi) is 4.55. The van der Waals surface area contributed by atoms with Crippen LogP contribution < -0.4 is 4.74 Å². The number of aryl methyl sites for hydroxylation is 1. The number of alkyl halides is 1. The van der Waals surface area contributed by atoms with Crippen LogP contribution in [0.1, 0.15) is 11.1 Å². The summed E-state index contributed by atoms with van der Waals surface area (Å²) in [4.78, 5) is 0. The first-order valence-corrected chi connectivity index (χ1v) is 7.09. The Bertz CT molecular complexity index is 570. The van der Waals surface area contributed by atoms with Crippen molar-refractivity contribution >= 4 is 39.1 Å². The van der Waals surface area contributed by atoms with Gasteiger partial charge in [0.15, 0.2) is 0 Å². The molecule has 0 heterocycles. The molecule has 0 aliphatic rings. The average molecular weight is 346 g/mol. The predicted molar refractivity (Wildman–Crippen MR) is 80.0 cm³/mol. The van der Waals surface area contributed by atoms with Gasteiger partial charge in [-0.3, -0.25) is 0 Å². The van der Waals surface area contributed by atoms with Crippen LogP contribution in [-0.2, 0) is 5.88 Å². The van der Waals surface area contributed by atoms with E-state index in [0.717, 1.165) is 15.6 Å². The van der Waals surface area contributed by atoms with E-state index in [0.29, 0.717) is 22.4 Å². The van der Waals surface area contributed by atoms with Gasteiger partial charge in [-0.15, -0.1) is 11.6 Å². The summed E-state index contributed by atoms with van der Waals surface area (Å²) in [6.07, 6.45) is 0. The molecule has 0 aliphatic heterocycles. The van der Waals surface area contributed by atoms with Crippen molar-refractivity contribution in [2.75, 3.05) is 0 Å². The third kappa shape index (κ3) is 3.19. The molecule has 4 heteroatoms. The van der Waals surface area contributed by atoms with Gasteiger partial charge in [-0.25, -0.2) is 0 Å². The van der Waals surface area contributed by atoms with E-state index in [2.05, 4.69) is 15.9 Å². The number of hydrogen-bond donors (Lipinski definition) is 0. The highest BCUT2D eigenvalue weighted by molar-refractivity contribution is 9.10. The standard InChI is InChI=1S/C14H11BrCl2O/c1-9-2-5-13(12(17)6-9)18-14-7-11(15)4-3-10(14)8-16/h2-7H,8H2,1H3. The molecule has 0 saturated carbocycles. The van der Waals surface area contributed by atoms with Gasteiger partial charge in [0.05, 0.1) is 10.9 Å². The molecule has 0 fully saturated rings. The Balaban J connectivity index is 2.36. The van der Waals surface area contributed by atoms with Gasteiger partial charge in [0.1, 0.15) is 11.5 Å². The summed E-state index contributed by atoms with van der Waals surface area (Å²) in [6.45, 7) is 1.99. The second-order valence-electron chi connectivity index (χ2n) is 3.92. The van der Waals surface area contributed by atoms with Crippen molar-refractivity contribution in [2.45, 2.75) is 12.8 Å². The van der Waals surface area contributed by atoms with Crippen molar-refractivity contribution in [2.24, 2.45) is 0 Å². The van der Waals surface area contributed by atoms with Crippen LogP contribution in [0.4, 0.5) is 0 Å². The lowest BCUT2D eigenvalue weighted by Crippen LogP contribution is -1.91. The maximum Gasteiger partial charge on any atom is 0.146 e. The Morgan fingerprint density at radius 1 is 1.11 bits per heavy atom. The molecule has 0 bridgehead atoms. The van der Waals surface area contributed by atoms with Crippen LogP contribution in [0.3, 0.4) is 0 Å². The number of ether oxygens (including phenoxy) is 1. The van der Waals surface area contributed by atoms with Crippen molar-refractivity contribution in [3.63, 3.8) is 0 Å². The van der Waals surface area contributed by atoms with Crippen LogP contribution in [0.2, 0.25) is 5.02 Å². The molecule has 0 saturated heterocycles. The van der Waals surface area contributed by atoms with Crippen LogP contribution in [0.5, 0.6) is 11.5 Å². The topological polar surface area (TPSA) is 9.23 Å². The van der Waals surface area contributed by atoms with Gasteiger partial charge in [-0.1, -0.05) is 39.7 Å². The molecule has 0 N–H and O–H groups in total. The third-order valence-electron chi connectivity index (χ3n) is 2.48. The fourth-order valence-corrected chi connectivity index (χ4v) is 2.38. The summed E-state index contributed by atoms with van der Waals surface area (Å²) < 4.78 is 6.76. The largest absolute Gasteiger partial charge is 0.455 e. The second-order valence-corrected chi connectivity index (χ2v) is 5.51. The van der Waals surface area contributed by atoms with E-state index in [-0.39, 0.29) is 0 Å². The van der Waals surface area contributed by atoms with E-state index < -0.39 is 0 Å².